The molecule has 0 bridgehead atoms. The molecule has 0 saturated carbocycles. The van der Waals surface area contributed by atoms with Gasteiger partial charge >= 0.3 is 0 Å². The Labute approximate surface area is 167 Å². The first-order chi connectivity index (χ1) is 13.5. The van der Waals surface area contributed by atoms with Gasteiger partial charge in [-0.2, -0.15) is 0 Å². The molecule has 6 nitrogen and oxygen atoms in total. The van der Waals surface area contributed by atoms with E-state index in [9.17, 15) is 9.59 Å². The van der Waals surface area contributed by atoms with Crippen molar-refractivity contribution in [1.82, 2.24) is 4.90 Å². The Hall–Kier alpha value is -2.99. The smallest absolute Gasteiger partial charge is 0.291 e. The van der Waals surface area contributed by atoms with Crippen LogP contribution in [-0.2, 0) is 4.79 Å². The van der Waals surface area contributed by atoms with E-state index in [-0.39, 0.29) is 17.6 Å². The van der Waals surface area contributed by atoms with Gasteiger partial charge < -0.3 is 19.5 Å². The van der Waals surface area contributed by atoms with E-state index >= 15 is 0 Å². The van der Waals surface area contributed by atoms with Crippen LogP contribution in [0.1, 0.15) is 17.5 Å². The molecule has 2 amide bonds. The van der Waals surface area contributed by atoms with Crippen molar-refractivity contribution in [3.63, 3.8) is 0 Å². The van der Waals surface area contributed by atoms with Gasteiger partial charge in [0.2, 0.25) is 5.91 Å². The summed E-state index contributed by atoms with van der Waals surface area (Å²) in [5.74, 6) is -0.0205. The maximum absolute atomic E-state index is 12.8. The van der Waals surface area contributed by atoms with Gasteiger partial charge in [-0.3, -0.25) is 9.59 Å². The number of fused-ring (bicyclic) bond motifs is 1. The molecule has 28 heavy (non-hydrogen) atoms. The van der Waals surface area contributed by atoms with Crippen LogP contribution in [0.25, 0.3) is 11.0 Å². The number of rotatable bonds is 3. The van der Waals surface area contributed by atoms with E-state index < -0.39 is 0 Å². The van der Waals surface area contributed by atoms with E-state index in [1.165, 1.54) is 0 Å². The molecule has 1 aliphatic heterocycles. The van der Waals surface area contributed by atoms with Gasteiger partial charge in [0.25, 0.3) is 5.91 Å². The molecule has 0 spiro atoms. The van der Waals surface area contributed by atoms with Crippen LogP contribution in [-0.4, -0.2) is 42.9 Å². The third-order valence-corrected chi connectivity index (χ3v) is 5.23. The van der Waals surface area contributed by atoms with Gasteiger partial charge in [0, 0.05) is 38.5 Å². The standard InChI is InChI=1S/C21H20ClN3O3/c1-14(26)24-9-11-25(12-10-24)20-16(22)6-4-7-17(20)23-21(27)19-13-15-5-2-3-8-18(15)28-19/h2-8,13H,9-12H2,1H3,(H,23,27). The van der Waals surface area contributed by atoms with Crippen molar-refractivity contribution in [2.45, 2.75) is 6.92 Å². The predicted octanol–water partition coefficient (Wildman–Crippen LogP) is 4.01. The van der Waals surface area contributed by atoms with Crippen molar-refractivity contribution >= 4 is 45.8 Å². The van der Waals surface area contributed by atoms with Crippen LogP contribution in [0.4, 0.5) is 11.4 Å². The lowest BCUT2D eigenvalue weighted by molar-refractivity contribution is -0.129. The summed E-state index contributed by atoms with van der Waals surface area (Å²) < 4.78 is 5.66. The largest absolute Gasteiger partial charge is 0.451 e. The van der Waals surface area contributed by atoms with Crippen LogP contribution in [0.3, 0.4) is 0 Å². The van der Waals surface area contributed by atoms with Crippen LogP contribution < -0.4 is 10.2 Å². The molecular weight excluding hydrogens is 378 g/mol. The summed E-state index contributed by atoms with van der Waals surface area (Å²) in [5, 5.41) is 4.35. The van der Waals surface area contributed by atoms with Gasteiger partial charge in [-0.15, -0.1) is 0 Å². The van der Waals surface area contributed by atoms with Gasteiger partial charge in [0.1, 0.15) is 5.58 Å². The Kier molecular flexibility index (Phi) is 4.96. The Balaban J connectivity index is 1.57. The number of hydrogen-bond donors (Lipinski definition) is 1. The van der Waals surface area contributed by atoms with Gasteiger partial charge in [-0.05, 0) is 24.3 Å². The van der Waals surface area contributed by atoms with Crippen molar-refractivity contribution in [2.75, 3.05) is 36.4 Å². The van der Waals surface area contributed by atoms with Gasteiger partial charge in [0.15, 0.2) is 5.76 Å². The SMILES string of the molecule is CC(=O)N1CCN(c2c(Cl)cccc2NC(=O)c2cc3ccccc3o2)CC1. The van der Waals surface area contributed by atoms with Crippen molar-refractivity contribution < 1.29 is 14.0 Å². The second-order valence-corrected chi connectivity index (χ2v) is 7.14. The average molecular weight is 398 g/mol. The number of halogens is 1. The highest BCUT2D eigenvalue weighted by atomic mass is 35.5. The minimum atomic E-state index is -0.331. The average Bonchev–Trinajstić information content (AvgIpc) is 3.13. The molecular formula is C21H20ClN3O3. The first-order valence-electron chi connectivity index (χ1n) is 9.12. The summed E-state index contributed by atoms with van der Waals surface area (Å²) in [5.41, 5.74) is 2.05. The number of piperazine rings is 1. The molecule has 2 aromatic carbocycles. The summed E-state index contributed by atoms with van der Waals surface area (Å²) in [6.07, 6.45) is 0. The lowest BCUT2D eigenvalue weighted by atomic mass is 10.2. The van der Waals surface area contributed by atoms with Gasteiger partial charge in [0.05, 0.1) is 16.4 Å². The molecule has 1 saturated heterocycles. The fourth-order valence-electron chi connectivity index (χ4n) is 3.46. The fraction of sp³-hybridized carbons (Fsp3) is 0.238. The number of hydrogen-bond acceptors (Lipinski definition) is 4. The lowest BCUT2D eigenvalue weighted by Crippen LogP contribution is -2.48. The number of para-hydroxylation sites is 2. The van der Waals surface area contributed by atoms with Crippen molar-refractivity contribution in [3.05, 3.63) is 59.3 Å². The van der Waals surface area contributed by atoms with Crippen LogP contribution >= 0.6 is 11.6 Å². The van der Waals surface area contributed by atoms with Crippen molar-refractivity contribution in [2.24, 2.45) is 0 Å². The molecule has 0 atom stereocenters. The molecule has 144 valence electrons. The monoisotopic (exact) mass is 397 g/mol. The number of nitrogens with zero attached hydrogens (tertiary/aromatic N) is 2. The van der Waals surface area contributed by atoms with Gasteiger partial charge in [-0.1, -0.05) is 35.9 Å². The molecule has 2 heterocycles. The highest BCUT2D eigenvalue weighted by molar-refractivity contribution is 6.34. The Morgan fingerprint density at radius 3 is 2.50 bits per heavy atom. The summed E-state index contributed by atoms with van der Waals surface area (Å²) in [6.45, 7) is 4.12. The Morgan fingerprint density at radius 1 is 1.04 bits per heavy atom. The summed E-state index contributed by atoms with van der Waals surface area (Å²) in [6, 6.07) is 14.6. The Morgan fingerprint density at radius 2 is 1.79 bits per heavy atom. The van der Waals surface area contributed by atoms with Gasteiger partial charge in [-0.25, -0.2) is 0 Å². The number of carbonyl (C=O) groups excluding carboxylic acids is 2. The highest BCUT2D eigenvalue weighted by Crippen LogP contribution is 2.35. The summed E-state index contributed by atoms with van der Waals surface area (Å²) in [4.78, 5) is 28.2. The maximum Gasteiger partial charge on any atom is 0.291 e. The van der Waals surface area contributed by atoms with E-state index in [0.29, 0.717) is 42.5 Å². The van der Waals surface area contributed by atoms with E-state index in [4.69, 9.17) is 16.0 Å². The fourth-order valence-corrected chi connectivity index (χ4v) is 3.75. The van der Waals surface area contributed by atoms with Crippen molar-refractivity contribution in [1.29, 1.82) is 0 Å². The van der Waals surface area contributed by atoms with E-state index in [2.05, 4.69) is 10.2 Å². The molecule has 3 aromatic rings. The van der Waals surface area contributed by atoms with Crippen LogP contribution in [0.5, 0.6) is 0 Å². The number of carbonyl (C=O) groups is 2. The minimum absolute atomic E-state index is 0.0669. The van der Waals surface area contributed by atoms with Crippen LogP contribution in [0.2, 0.25) is 5.02 Å². The Bertz CT molecular complexity index is 1010. The molecule has 1 aromatic heterocycles. The quantitative estimate of drug-likeness (QED) is 0.725. The topological polar surface area (TPSA) is 65.8 Å². The second-order valence-electron chi connectivity index (χ2n) is 6.73. The number of nitrogens with one attached hydrogen (secondary N) is 1. The number of benzene rings is 2. The summed E-state index contributed by atoms with van der Waals surface area (Å²) in [7, 11) is 0. The molecule has 1 N–H and O–H groups in total. The zero-order valence-electron chi connectivity index (χ0n) is 15.4. The maximum atomic E-state index is 12.8. The van der Waals surface area contributed by atoms with Crippen molar-refractivity contribution in [3.8, 4) is 0 Å². The van der Waals surface area contributed by atoms with E-state index in [1.54, 1.807) is 30.0 Å². The van der Waals surface area contributed by atoms with Crippen LogP contribution in [0.15, 0.2) is 52.9 Å². The predicted molar refractivity (Wildman–Crippen MR) is 110 cm³/mol. The molecule has 0 aliphatic carbocycles. The molecule has 1 fully saturated rings. The normalized spacial score (nSPS) is 14.4. The molecule has 7 heteroatoms. The first-order valence-corrected chi connectivity index (χ1v) is 9.49. The molecule has 4 rings (SSSR count). The highest BCUT2D eigenvalue weighted by Gasteiger charge is 2.23. The number of furan rings is 1. The third-order valence-electron chi connectivity index (χ3n) is 4.93. The number of amides is 2. The van der Waals surface area contributed by atoms with Crippen LogP contribution in [0, 0.1) is 0 Å². The molecule has 1 aliphatic rings. The van der Waals surface area contributed by atoms with E-state index in [1.807, 2.05) is 30.3 Å². The minimum Gasteiger partial charge on any atom is -0.451 e. The summed E-state index contributed by atoms with van der Waals surface area (Å²) >= 11 is 6.46. The molecule has 0 unspecified atom stereocenters. The first kappa shape index (κ1) is 18.4. The zero-order valence-corrected chi connectivity index (χ0v) is 16.2. The van der Waals surface area contributed by atoms with E-state index in [0.717, 1.165) is 11.1 Å². The third kappa shape index (κ3) is 3.55. The molecule has 0 radical (unpaired) electrons. The lowest BCUT2D eigenvalue weighted by Gasteiger charge is -2.36. The number of anilines is 2. The zero-order chi connectivity index (χ0) is 19.7. The second kappa shape index (κ2) is 7.56.